The normalized spacial score (nSPS) is 12.5. The Morgan fingerprint density at radius 1 is 1.28 bits per heavy atom. The number of hydrogen-bond donors (Lipinski definition) is 0. The molecule has 0 aromatic rings. The molecule has 0 aliphatic heterocycles. The lowest BCUT2D eigenvalue weighted by molar-refractivity contribution is -0.184. The van der Waals surface area contributed by atoms with Gasteiger partial charge in [-0.05, 0) is 6.92 Å². The van der Waals surface area contributed by atoms with E-state index in [0.717, 1.165) is 0 Å². The predicted molar refractivity (Wildman–Crippen MR) is 47.7 cm³/mol. The fraction of sp³-hybridized carbons (Fsp3) is 0.556. The molecular weight excluding hydrogens is 267 g/mol. The summed E-state index contributed by atoms with van der Waals surface area (Å²) in [5.74, 6) is -3.78. The highest BCUT2D eigenvalue weighted by molar-refractivity contribution is 6.18. The molecule has 0 rings (SSSR count). The Kier molecular flexibility index (Phi) is 6.28. The largest absolute Gasteiger partial charge is 0.500 e. The van der Waals surface area contributed by atoms with Crippen molar-refractivity contribution >= 4 is 11.8 Å². The summed E-state index contributed by atoms with van der Waals surface area (Å²) < 4.78 is 67.4. The summed E-state index contributed by atoms with van der Waals surface area (Å²) >= 11 is 0. The van der Waals surface area contributed by atoms with Gasteiger partial charge in [0, 0.05) is 0 Å². The molecule has 0 radical (unpaired) electrons. The van der Waals surface area contributed by atoms with Crippen LogP contribution in [0, 0.1) is 0 Å². The van der Waals surface area contributed by atoms with Gasteiger partial charge in [0.05, 0.1) is 6.61 Å². The molecule has 0 bridgehead atoms. The molecule has 0 N–H and O–H groups in total. The number of esters is 1. The summed E-state index contributed by atoms with van der Waals surface area (Å²) in [7, 11) is 0. The van der Waals surface area contributed by atoms with Gasteiger partial charge in [0.1, 0.15) is 11.8 Å². The van der Waals surface area contributed by atoms with E-state index < -0.39 is 36.5 Å². The Balaban J connectivity index is 4.77. The minimum absolute atomic E-state index is 0.0629. The highest BCUT2D eigenvalue weighted by Crippen LogP contribution is 2.16. The van der Waals surface area contributed by atoms with Gasteiger partial charge in [0.15, 0.2) is 6.61 Å². The molecule has 0 fully saturated rings. The minimum atomic E-state index is -4.82. The number of ether oxygens (including phenoxy) is 2. The molecule has 0 aromatic heterocycles. The maximum atomic E-state index is 12.1. The Hall–Kier alpha value is -1.67. The fourth-order valence-corrected chi connectivity index (χ4v) is 0.716. The van der Waals surface area contributed by atoms with Crippen LogP contribution in [0.2, 0.25) is 0 Å². The summed E-state index contributed by atoms with van der Waals surface area (Å²) in [6, 6.07) is 0. The number of ketones is 1. The van der Waals surface area contributed by atoms with Crippen molar-refractivity contribution < 1.29 is 41.0 Å². The van der Waals surface area contributed by atoms with Crippen LogP contribution in [0.3, 0.4) is 0 Å². The van der Waals surface area contributed by atoms with E-state index in [2.05, 4.69) is 9.47 Å². The van der Waals surface area contributed by atoms with Gasteiger partial charge in [-0.2, -0.15) is 13.2 Å². The van der Waals surface area contributed by atoms with E-state index in [1.807, 2.05) is 0 Å². The molecule has 0 aliphatic rings. The molecule has 0 amide bonds. The second-order valence-electron chi connectivity index (χ2n) is 2.84. The molecule has 0 heterocycles. The summed E-state index contributed by atoms with van der Waals surface area (Å²) in [6.45, 7) is -0.625. The van der Waals surface area contributed by atoms with E-state index in [4.69, 9.17) is 0 Å². The van der Waals surface area contributed by atoms with Gasteiger partial charge in [-0.15, -0.1) is 0 Å². The van der Waals surface area contributed by atoms with E-state index in [9.17, 15) is 31.5 Å². The number of Topliss-reactive ketones (excluding diaryl/α,β-unsaturated/α-hetero) is 1. The summed E-state index contributed by atoms with van der Waals surface area (Å²) in [5, 5.41) is 0. The molecule has 4 nitrogen and oxygen atoms in total. The van der Waals surface area contributed by atoms with Crippen LogP contribution in [0.4, 0.5) is 22.0 Å². The van der Waals surface area contributed by atoms with Crippen LogP contribution in [-0.4, -0.2) is 37.6 Å². The van der Waals surface area contributed by atoms with Crippen LogP contribution in [0.15, 0.2) is 11.8 Å². The van der Waals surface area contributed by atoms with Gasteiger partial charge < -0.3 is 9.47 Å². The molecule has 0 saturated carbocycles. The lowest BCUT2D eigenvalue weighted by atomic mass is 10.2. The second kappa shape index (κ2) is 6.92. The van der Waals surface area contributed by atoms with Crippen LogP contribution in [0.25, 0.3) is 0 Å². The summed E-state index contributed by atoms with van der Waals surface area (Å²) in [4.78, 5) is 21.9. The van der Waals surface area contributed by atoms with Crippen LogP contribution in [0.5, 0.6) is 0 Å². The number of carbonyl (C=O) groups is 2. The first-order chi connectivity index (χ1) is 8.19. The zero-order valence-corrected chi connectivity index (χ0v) is 9.09. The molecule has 0 aromatic carbocycles. The van der Waals surface area contributed by atoms with Crippen molar-refractivity contribution in [3.8, 4) is 0 Å². The van der Waals surface area contributed by atoms with Crippen molar-refractivity contribution in [1.29, 1.82) is 0 Å². The molecular formula is C9H9F5O4. The first-order valence-corrected chi connectivity index (χ1v) is 4.57. The number of carbonyl (C=O) groups excluding carboxylic acids is 2. The van der Waals surface area contributed by atoms with Crippen LogP contribution in [-0.2, 0) is 19.1 Å². The number of alkyl halides is 5. The molecule has 0 saturated heterocycles. The Labute approximate surface area is 98.3 Å². The lowest BCUT2D eigenvalue weighted by Crippen LogP contribution is -2.26. The van der Waals surface area contributed by atoms with Crippen molar-refractivity contribution in [3.05, 3.63) is 11.8 Å². The van der Waals surface area contributed by atoms with Gasteiger partial charge >= 0.3 is 18.6 Å². The van der Waals surface area contributed by atoms with Gasteiger partial charge in [-0.25, -0.2) is 13.6 Å². The molecule has 0 atom stereocenters. The third kappa shape index (κ3) is 6.16. The van der Waals surface area contributed by atoms with E-state index in [1.165, 1.54) is 6.92 Å². The predicted octanol–water partition coefficient (Wildman–Crippen LogP) is 1.85. The quantitative estimate of drug-likeness (QED) is 0.185. The van der Waals surface area contributed by atoms with Gasteiger partial charge in [-0.1, -0.05) is 0 Å². The average molecular weight is 276 g/mol. The van der Waals surface area contributed by atoms with E-state index in [-0.39, 0.29) is 6.61 Å². The van der Waals surface area contributed by atoms with Gasteiger partial charge in [0.2, 0.25) is 5.78 Å². The van der Waals surface area contributed by atoms with E-state index >= 15 is 0 Å². The molecule has 104 valence electrons. The average Bonchev–Trinajstić information content (AvgIpc) is 2.25. The van der Waals surface area contributed by atoms with Crippen LogP contribution < -0.4 is 0 Å². The zero-order valence-electron chi connectivity index (χ0n) is 9.09. The van der Waals surface area contributed by atoms with Crippen molar-refractivity contribution in [1.82, 2.24) is 0 Å². The standard InChI is InChI=1S/C9H9F5O4/c1-2-17-3-5(6(15)7(10)11)8(16)18-4-9(12,13)14/h3,7H,2,4H2,1H3. The number of hydrogen-bond acceptors (Lipinski definition) is 4. The first kappa shape index (κ1) is 16.3. The number of rotatable bonds is 6. The third-order valence-electron chi connectivity index (χ3n) is 1.42. The van der Waals surface area contributed by atoms with E-state index in [1.54, 1.807) is 0 Å². The zero-order chi connectivity index (χ0) is 14.3. The van der Waals surface area contributed by atoms with Gasteiger partial charge in [0.25, 0.3) is 0 Å². The SMILES string of the molecule is CCOC=C(C(=O)OCC(F)(F)F)C(=O)C(F)F. The second-order valence-corrected chi connectivity index (χ2v) is 2.84. The third-order valence-corrected chi connectivity index (χ3v) is 1.42. The smallest absolute Gasteiger partial charge is 0.422 e. The van der Waals surface area contributed by atoms with Crippen LogP contribution >= 0.6 is 0 Å². The van der Waals surface area contributed by atoms with Gasteiger partial charge in [-0.3, -0.25) is 4.79 Å². The maximum Gasteiger partial charge on any atom is 0.422 e. The lowest BCUT2D eigenvalue weighted by Gasteiger charge is -2.09. The van der Waals surface area contributed by atoms with Crippen LogP contribution in [0.1, 0.15) is 6.92 Å². The van der Waals surface area contributed by atoms with Crippen molar-refractivity contribution in [2.75, 3.05) is 13.2 Å². The van der Waals surface area contributed by atoms with Crippen molar-refractivity contribution in [2.24, 2.45) is 0 Å². The summed E-state index contributed by atoms with van der Waals surface area (Å²) in [5.41, 5.74) is -1.27. The molecule has 9 heteroatoms. The highest BCUT2D eigenvalue weighted by Gasteiger charge is 2.33. The minimum Gasteiger partial charge on any atom is -0.500 e. The summed E-state index contributed by atoms with van der Waals surface area (Å²) in [6.07, 6.45) is -8.01. The Bertz CT molecular complexity index is 334. The maximum absolute atomic E-state index is 12.1. The molecule has 0 unspecified atom stereocenters. The first-order valence-electron chi connectivity index (χ1n) is 4.57. The number of halogens is 5. The van der Waals surface area contributed by atoms with E-state index in [0.29, 0.717) is 6.26 Å². The molecule has 0 spiro atoms. The molecule has 18 heavy (non-hydrogen) atoms. The fourth-order valence-electron chi connectivity index (χ4n) is 0.716. The monoisotopic (exact) mass is 276 g/mol. The highest BCUT2D eigenvalue weighted by atomic mass is 19.4. The Morgan fingerprint density at radius 2 is 1.83 bits per heavy atom. The molecule has 0 aliphatic carbocycles. The Morgan fingerprint density at radius 3 is 2.22 bits per heavy atom. The topological polar surface area (TPSA) is 52.6 Å². The van der Waals surface area contributed by atoms with Crippen molar-refractivity contribution in [3.63, 3.8) is 0 Å². The van der Waals surface area contributed by atoms with Crippen molar-refractivity contribution in [2.45, 2.75) is 19.5 Å².